The molecular weight excluding hydrogens is 432 g/mol. The molecule has 0 saturated carbocycles. The van der Waals surface area contributed by atoms with Crippen molar-refractivity contribution in [2.45, 2.75) is 63.0 Å². The second kappa shape index (κ2) is 11.8. The first kappa shape index (κ1) is 23.9. The van der Waals surface area contributed by atoms with Crippen molar-refractivity contribution in [3.8, 4) is 0 Å². The first-order valence-corrected chi connectivity index (χ1v) is 12.2. The van der Waals surface area contributed by atoms with Crippen LogP contribution >= 0.6 is 11.6 Å². The molecule has 0 aliphatic carbocycles. The van der Waals surface area contributed by atoms with Gasteiger partial charge in [-0.3, -0.25) is 9.69 Å². The lowest BCUT2D eigenvalue weighted by atomic mass is 9.92. The number of carbonyl (C=O) groups is 1. The maximum Gasteiger partial charge on any atom is 0.222 e. The van der Waals surface area contributed by atoms with Gasteiger partial charge in [0.25, 0.3) is 0 Å². The minimum Gasteiger partial charge on any atom is -0.389 e. The molecule has 0 unspecified atom stereocenters. The van der Waals surface area contributed by atoms with Crippen LogP contribution in [0.5, 0.6) is 0 Å². The second-order valence-corrected chi connectivity index (χ2v) is 9.69. The van der Waals surface area contributed by atoms with E-state index in [1.807, 2.05) is 24.3 Å². The highest BCUT2D eigenvalue weighted by atomic mass is 35.5. The maximum absolute atomic E-state index is 12.5. The number of nitrogens with one attached hydrogen (secondary N) is 1. The summed E-state index contributed by atoms with van der Waals surface area (Å²) in [6.45, 7) is 4.46. The molecule has 1 aromatic rings. The molecule has 7 nitrogen and oxygen atoms in total. The van der Waals surface area contributed by atoms with E-state index < -0.39 is 6.10 Å². The summed E-state index contributed by atoms with van der Waals surface area (Å²) in [5.41, 5.74) is 1.02. The van der Waals surface area contributed by atoms with Crippen molar-refractivity contribution in [2.24, 2.45) is 5.92 Å². The fourth-order valence-corrected chi connectivity index (χ4v) is 5.12. The Hall–Kier alpha value is -1.22. The number of hydrogen-bond donors (Lipinski definition) is 2. The number of halogens is 1. The monoisotopic (exact) mass is 466 g/mol. The van der Waals surface area contributed by atoms with Crippen molar-refractivity contribution in [1.82, 2.24) is 10.2 Å². The van der Waals surface area contributed by atoms with Crippen LogP contribution in [0, 0.1) is 5.92 Å². The standard InChI is InChI=1S/C24H35ClN2O5/c25-19-3-1-17(2-4-19)12-26-24(29)11-21-5-6-22-23(32-21)16-31-15-20(28)14-27(22)13-18-7-9-30-10-8-18/h1-4,18,20-23,28H,5-16H2,(H,26,29)/t20-,21+,22-,23+/m1/s1. The van der Waals surface area contributed by atoms with Crippen LogP contribution in [0.1, 0.15) is 37.7 Å². The molecule has 2 N–H and O–H groups in total. The lowest BCUT2D eigenvalue weighted by Crippen LogP contribution is -2.57. The topological polar surface area (TPSA) is 80.3 Å². The molecule has 4 atom stereocenters. The molecule has 0 aromatic heterocycles. The van der Waals surface area contributed by atoms with Gasteiger partial charge in [-0.25, -0.2) is 0 Å². The Morgan fingerprint density at radius 2 is 1.88 bits per heavy atom. The number of nitrogens with zero attached hydrogens (tertiary/aromatic N) is 1. The van der Waals surface area contributed by atoms with Crippen molar-refractivity contribution in [3.05, 3.63) is 34.9 Å². The van der Waals surface area contributed by atoms with Gasteiger partial charge in [0.1, 0.15) is 0 Å². The predicted molar refractivity (Wildman–Crippen MR) is 122 cm³/mol. The van der Waals surface area contributed by atoms with Crippen LogP contribution in [-0.2, 0) is 25.5 Å². The van der Waals surface area contributed by atoms with E-state index in [1.54, 1.807) is 0 Å². The summed E-state index contributed by atoms with van der Waals surface area (Å²) in [4.78, 5) is 14.9. The van der Waals surface area contributed by atoms with Crippen LogP contribution in [0.2, 0.25) is 5.02 Å². The van der Waals surface area contributed by atoms with E-state index in [1.165, 1.54) is 0 Å². The summed E-state index contributed by atoms with van der Waals surface area (Å²) < 4.78 is 17.6. The summed E-state index contributed by atoms with van der Waals surface area (Å²) >= 11 is 5.92. The number of aliphatic hydroxyl groups excluding tert-OH is 1. The number of hydrogen-bond acceptors (Lipinski definition) is 6. The summed E-state index contributed by atoms with van der Waals surface area (Å²) in [6, 6.07) is 7.69. The third kappa shape index (κ3) is 6.89. The van der Waals surface area contributed by atoms with E-state index in [4.69, 9.17) is 25.8 Å². The Balaban J connectivity index is 1.29. The van der Waals surface area contributed by atoms with E-state index in [2.05, 4.69) is 10.2 Å². The molecule has 3 saturated heterocycles. The van der Waals surface area contributed by atoms with Crippen molar-refractivity contribution >= 4 is 17.5 Å². The Labute approximate surface area is 195 Å². The number of aliphatic hydroxyl groups is 1. The Morgan fingerprint density at radius 1 is 1.09 bits per heavy atom. The quantitative estimate of drug-likeness (QED) is 0.670. The van der Waals surface area contributed by atoms with Gasteiger partial charge in [0.15, 0.2) is 0 Å². The lowest BCUT2D eigenvalue weighted by Gasteiger charge is -2.45. The zero-order chi connectivity index (χ0) is 22.3. The van der Waals surface area contributed by atoms with E-state index in [-0.39, 0.29) is 24.2 Å². The predicted octanol–water partition coefficient (Wildman–Crippen LogP) is 2.38. The van der Waals surface area contributed by atoms with Gasteiger partial charge in [-0.05, 0) is 49.3 Å². The van der Waals surface area contributed by atoms with E-state index in [0.29, 0.717) is 43.7 Å². The Bertz CT molecular complexity index is 728. The highest BCUT2D eigenvalue weighted by molar-refractivity contribution is 6.30. The number of benzene rings is 1. The van der Waals surface area contributed by atoms with Crippen molar-refractivity contribution in [1.29, 1.82) is 0 Å². The Morgan fingerprint density at radius 3 is 2.66 bits per heavy atom. The van der Waals surface area contributed by atoms with Crippen LogP contribution in [0.3, 0.4) is 0 Å². The SMILES string of the molecule is O=C(C[C@@H]1CC[C@@H]2[C@H](COC[C@H](O)CN2CC2CCOCC2)O1)NCc1ccc(Cl)cc1. The van der Waals surface area contributed by atoms with Crippen LogP contribution < -0.4 is 5.32 Å². The van der Waals surface area contributed by atoms with Crippen LogP contribution in [0.25, 0.3) is 0 Å². The van der Waals surface area contributed by atoms with Gasteiger partial charge >= 0.3 is 0 Å². The number of β-amino-alcohol motifs (C(OH)–C–C–N with tert-alkyl or cyclic N) is 1. The molecule has 0 spiro atoms. The third-order valence-electron chi connectivity index (χ3n) is 6.74. The summed E-state index contributed by atoms with van der Waals surface area (Å²) in [5.74, 6) is 0.581. The number of amides is 1. The zero-order valence-electron chi connectivity index (χ0n) is 18.6. The van der Waals surface area contributed by atoms with Crippen molar-refractivity contribution in [3.63, 3.8) is 0 Å². The highest BCUT2D eigenvalue weighted by Gasteiger charge is 2.38. The molecule has 0 radical (unpaired) electrons. The zero-order valence-corrected chi connectivity index (χ0v) is 19.3. The van der Waals surface area contributed by atoms with Gasteiger partial charge in [0.2, 0.25) is 5.91 Å². The maximum atomic E-state index is 12.5. The molecule has 8 heteroatoms. The van der Waals surface area contributed by atoms with E-state index in [0.717, 1.165) is 51.0 Å². The molecule has 3 heterocycles. The fraction of sp³-hybridized carbons (Fsp3) is 0.708. The first-order valence-electron chi connectivity index (χ1n) is 11.8. The molecule has 3 fully saturated rings. The van der Waals surface area contributed by atoms with Crippen molar-refractivity contribution in [2.75, 3.05) is 39.5 Å². The molecule has 178 valence electrons. The summed E-state index contributed by atoms with van der Waals surface area (Å²) in [7, 11) is 0. The highest BCUT2D eigenvalue weighted by Crippen LogP contribution is 2.29. The number of fused-ring (bicyclic) bond motifs is 1. The number of carbonyl (C=O) groups excluding carboxylic acids is 1. The molecule has 1 amide bonds. The summed E-state index contributed by atoms with van der Waals surface area (Å²) in [6.07, 6.45) is 3.58. The smallest absolute Gasteiger partial charge is 0.222 e. The van der Waals surface area contributed by atoms with Crippen LogP contribution in [-0.4, -0.2) is 79.8 Å². The minimum atomic E-state index is -0.479. The average Bonchev–Trinajstić information content (AvgIpc) is 2.78. The third-order valence-corrected chi connectivity index (χ3v) is 6.99. The van der Waals surface area contributed by atoms with E-state index >= 15 is 0 Å². The molecule has 0 bridgehead atoms. The van der Waals surface area contributed by atoms with Gasteiger partial charge in [-0.2, -0.15) is 0 Å². The van der Waals surface area contributed by atoms with Crippen LogP contribution in [0.4, 0.5) is 0 Å². The molecule has 3 aliphatic rings. The number of ether oxygens (including phenoxy) is 3. The van der Waals surface area contributed by atoms with Gasteiger partial charge in [-0.1, -0.05) is 23.7 Å². The van der Waals surface area contributed by atoms with E-state index in [9.17, 15) is 9.90 Å². The first-order chi connectivity index (χ1) is 15.6. The fourth-order valence-electron chi connectivity index (χ4n) is 5.00. The molecule has 3 aliphatic heterocycles. The molecule has 1 aromatic carbocycles. The van der Waals surface area contributed by atoms with Gasteiger partial charge in [0, 0.05) is 43.9 Å². The summed E-state index contributed by atoms with van der Waals surface area (Å²) in [5, 5.41) is 14.0. The van der Waals surface area contributed by atoms with Crippen LogP contribution in [0.15, 0.2) is 24.3 Å². The van der Waals surface area contributed by atoms with Gasteiger partial charge < -0.3 is 24.6 Å². The largest absolute Gasteiger partial charge is 0.389 e. The molecule has 32 heavy (non-hydrogen) atoms. The lowest BCUT2D eigenvalue weighted by molar-refractivity contribution is -0.159. The van der Waals surface area contributed by atoms with Gasteiger partial charge in [0.05, 0.1) is 37.9 Å². The molecular formula is C24H35ClN2O5. The minimum absolute atomic E-state index is 0.00959. The van der Waals surface area contributed by atoms with Crippen molar-refractivity contribution < 1.29 is 24.1 Å². The van der Waals surface area contributed by atoms with Gasteiger partial charge in [-0.15, -0.1) is 0 Å². The normalized spacial score (nSPS) is 30.2. The average molecular weight is 467 g/mol. The Kier molecular flexibility index (Phi) is 8.80. The molecule has 4 rings (SSSR count). The second-order valence-electron chi connectivity index (χ2n) is 9.25. The number of rotatable bonds is 6.